The number of hydrogen-bond donors (Lipinski definition) is 0. The number of aryl methyl sites for hydroxylation is 1. The van der Waals surface area contributed by atoms with Crippen LogP contribution in [-0.4, -0.2) is 32.3 Å². The lowest BCUT2D eigenvalue weighted by molar-refractivity contribution is -0.188. The number of halogens is 4. The molecule has 2 aromatic carbocycles. The molecule has 5 nitrogen and oxygen atoms in total. The lowest BCUT2D eigenvalue weighted by atomic mass is 9.90. The molecule has 0 unspecified atom stereocenters. The third-order valence-electron chi connectivity index (χ3n) is 7.14. The van der Waals surface area contributed by atoms with Gasteiger partial charge in [-0.1, -0.05) is 18.2 Å². The van der Waals surface area contributed by atoms with Gasteiger partial charge in [0.2, 0.25) is 0 Å². The van der Waals surface area contributed by atoms with Crippen molar-refractivity contribution < 1.29 is 17.6 Å². The zero-order valence-corrected chi connectivity index (χ0v) is 17.7. The minimum absolute atomic E-state index is 0.106. The Hall–Kier alpha value is -3.23. The van der Waals surface area contributed by atoms with Crippen LogP contribution in [0.4, 0.5) is 29.1 Å². The summed E-state index contributed by atoms with van der Waals surface area (Å²) in [4.78, 5) is 6.60. The van der Waals surface area contributed by atoms with E-state index in [1.807, 2.05) is 23.1 Å². The van der Waals surface area contributed by atoms with Gasteiger partial charge >= 0.3 is 6.18 Å². The fourth-order valence-corrected chi connectivity index (χ4v) is 5.11. The van der Waals surface area contributed by atoms with Crippen LogP contribution < -0.4 is 4.90 Å². The van der Waals surface area contributed by atoms with Gasteiger partial charge in [-0.25, -0.2) is 4.39 Å². The Bertz CT molecular complexity index is 1370. The first-order valence-electron chi connectivity index (χ1n) is 11.1. The zero-order chi connectivity index (χ0) is 22.8. The number of benzene rings is 2. The molecule has 3 heterocycles. The maximum atomic E-state index is 15.0. The summed E-state index contributed by atoms with van der Waals surface area (Å²) < 4.78 is 57.0. The molecule has 0 atom stereocenters. The number of anilines is 2. The van der Waals surface area contributed by atoms with Gasteiger partial charge < -0.3 is 4.90 Å². The summed E-state index contributed by atoms with van der Waals surface area (Å²) >= 11 is 0. The van der Waals surface area contributed by atoms with Crippen molar-refractivity contribution in [3.05, 3.63) is 59.7 Å². The van der Waals surface area contributed by atoms with Crippen molar-refractivity contribution in [1.82, 2.24) is 19.6 Å². The summed E-state index contributed by atoms with van der Waals surface area (Å²) in [6.07, 6.45) is -0.169. The normalized spacial score (nSPS) is 17.5. The first kappa shape index (κ1) is 20.4. The molecular formula is C24H21F4N5. The molecule has 170 valence electrons. The van der Waals surface area contributed by atoms with E-state index in [0.717, 1.165) is 29.7 Å². The van der Waals surface area contributed by atoms with Gasteiger partial charge in [-0.3, -0.25) is 4.40 Å². The molecule has 9 heteroatoms. The van der Waals surface area contributed by atoms with Gasteiger partial charge in [-0.2, -0.15) is 18.2 Å². The van der Waals surface area contributed by atoms with Gasteiger partial charge in [0, 0.05) is 12.2 Å². The minimum atomic E-state index is -4.15. The van der Waals surface area contributed by atoms with Crippen molar-refractivity contribution in [2.45, 2.75) is 44.7 Å². The van der Waals surface area contributed by atoms with E-state index in [9.17, 15) is 13.2 Å². The Morgan fingerprint density at radius 3 is 2.67 bits per heavy atom. The highest BCUT2D eigenvalue weighted by atomic mass is 19.4. The van der Waals surface area contributed by atoms with Crippen molar-refractivity contribution in [3.8, 4) is 0 Å². The van der Waals surface area contributed by atoms with Crippen LogP contribution in [0.2, 0.25) is 0 Å². The lowest BCUT2D eigenvalue weighted by Gasteiger charge is -2.33. The average Bonchev–Trinajstić information content (AvgIpc) is 3.46. The molecule has 2 aromatic heterocycles. The summed E-state index contributed by atoms with van der Waals surface area (Å²) in [5, 5.41) is 8.35. The monoisotopic (exact) mass is 455 g/mol. The van der Waals surface area contributed by atoms with Crippen LogP contribution in [0.25, 0.3) is 16.7 Å². The van der Waals surface area contributed by atoms with E-state index in [0.29, 0.717) is 35.5 Å². The molecule has 1 fully saturated rings. The average molecular weight is 455 g/mol. The first-order chi connectivity index (χ1) is 15.9. The zero-order valence-electron chi connectivity index (χ0n) is 17.7. The Balaban J connectivity index is 1.44. The van der Waals surface area contributed by atoms with Gasteiger partial charge in [-0.05, 0) is 67.9 Å². The predicted octanol–water partition coefficient (Wildman–Crippen LogP) is 5.78. The summed E-state index contributed by atoms with van der Waals surface area (Å²) in [6.45, 7) is 0.629. The molecule has 0 N–H and O–H groups in total. The highest BCUT2D eigenvalue weighted by Crippen LogP contribution is 2.60. The van der Waals surface area contributed by atoms with E-state index in [1.54, 1.807) is 16.5 Å². The number of aromatic nitrogens is 4. The van der Waals surface area contributed by atoms with Crippen LogP contribution in [0, 0.1) is 11.2 Å². The summed E-state index contributed by atoms with van der Waals surface area (Å²) in [5.74, 6) is 0.428. The molecule has 1 aliphatic heterocycles. The van der Waals surface area contributed by atoms with Crippen molar-refractivity contribution in [2.24, 2.45) is 5.41 Å². The molecule has 1 aliphatic carbocycles. The molecule has 6 rings (SSSR count). The second-order valence-corrected chi connectivity index (χ2v) is 9.02. The van der Waals surface area contributed by atoms with Crippen LogP contribution in [0.15, 0.2) is 42.7 Å². The second-order valence-electron chi connectivity index (χ2n) is 9.02. The minimum Gasteiger partial charge on any atom is -0.325 e. The molecule has 33 heavy (non-hydrogen) atoms. The fourth-order valence-electron chi connectivity index (χ4n) is 5.11. The van der Waals surface area contributed by atoms with E-state index in [2.05, 4.69) is 15.2 Å². The third kappa shape index (κ3) is 3.16. The van der Waals surface area contributed by atoms with Gasteiger partial charge in [0.05, 0.1) is 16.3 Å². The van der Waals surface area contributed by atoms with Crippen molar-refractivity contribution in [1.29, 1.82) is 0 Å². The highest BCUT2D eigenvalue weighted by molar-refractivity contribution is 5.94. The van der Waals surface area contributed by atoms with Crippen molar-refractivity contribution in [2.75, 3.05) is 11.4 Å². The largest absolute Gasteiger partial charge is 0.394 e. The molecule has 0 spiro atoms. The lowest BCUT2D eigenvalue weighted by Crippen LogP contribution is -2.28. The molecule has 1 saturated carbocycles. The SMILES string of the molecule is Fc1cccc2c1c(N1CCCc3c(CCC4(C(F)(F)F)CC4)cccc31)nc1nncn12. The molecule has 0 amide bonds. The summed E-state index contributed by atoms with van der Waals surface area (Å²) in [7, 11) is 0. The van der Waals surface area contributed by atoms with Crippen LogP contribution in [0.3, 0.4) is 0 Å². The fraction of sp³-hybridized carbons (Fsp3) is 0.375. The number of hydrogen-bond acceptors (Lipinski definition) is 4. The van der Waals surface area contributed by atoms with E-state index < -0.39 is 17.4 Å². The Morgan fingerprint density at radius 2 is 1.88 bits per heavy atom. The van der Waals surface area contributed by atoms with Gasteiger partial charge in [0.15, 0.2) is 0 Å². The first-order valence-corrected chi connectivity index (χ1v) is 11.1. The van der Waals surface area contributed by atoms with Crippen molar-refractivity contribution >= 4 is 28.2 Å². The Labute approximate surface area is 187 Å². The van der Waals surface area contributed by atoms with Gasteiger partial charge in [-0.15, -0.1) is 10.2 Å². The van der Waals surface area contributed by atoms with E-state index in [1.165, 1.54) is 12.4 Å². The topological polar surface area (TPSA) is 46.3 Å². The van der Waals surface area contributed by atoms with Gasteiger partial charge in [0.25, 0.3) is 5.78 Å². The second kappa shape index (κ2) is 7.13. The number of fused-ring (bicyclic) bond motifs is 4. The number of alkyl halides is 3. The van der Waals surface area contributed by atoms with Crippen LogP contribution in [0.1, 0.15) is 36.8 Å². The number of nitrogens with zero attached hydrogens (tertiary/aromatic N) is 5. The molecule has 0 radical (unpaired) electrons. The summed E-state index contributed by atoms with van der Waals surface area (Å²) in [5.41, 5.74) is 1.92. The highest BCUT2D eigenvalue weighted by Gasteiger charge is 2.62. The van der Waals surface area contributed by atoms with Crippen LogP contribution >= 0.6 is 0 Å². The molecule has 0 bridgehead atoms. The van der Waals surface area contributed by atoms with Gasteiger partial charge in [0.1, 0.15) is 18.0 Å². The molecule has 4 aromatic rings. The maximum Gasteiger partial charge on any atom is 0.394 e. The van der Waals surface area contributed by atoms with E-state index in [4.69, 9.17) is 0 Å². The molecule has 0 saturated heterocycles. The smallest absolute Gasteiger partial charge is 0.325 e. The number of rotatable bonds is 4. The van der Waals surface area contributed by atoms with Crippen LogP contribution in [-0.2, 0) is 12.8 Å². The molecule has 2 aliphatic rings. The van der Waals surface area contributed by atoms with E-state index in [-0.39, 0.29) is 19.3 Å². The molecular weight excluding hydrogens is 434 g/mol. The van der Waals surface area contributed by atoms with E-state index >= 15 is 4.39 Å². The summed E-state index contributed by atoms with van der Waals surface area (Å²) in [6, 6.07) is 10.6. The Kier molecular flexibility index (Phi) is 4.41. The Morgan fingerprint density at radius 1 is 1.06 bits per heavy atom. The standard InChI is InChI=1S/C24H21F4N5/c25-17-6-2-8-19-20(17)21(30-22-31-29-14-33(19)22)32-13-3-5-16-15(4-1-7-18(16)32)9-10-23(11-12-23)24(26,27)28/h1-2,4,6-8,14H,3,5,9-13H2. The quantitative estimate of drug-likeness (QED) is 0.366. The van der Waals surface area contributed by atoms with Crippen molar-refractivity contribution in [3.63, 3.8) is 0 Å². The van der Waals surface area contributed by atoms with Crippen LogP contribution in [0.5, 0.6) is 0 Å². The maximum absolute atomic E-state index is 15.0. The predicted molar refractivity (Wildman–Crippen MR) is 116 cm³/mol. The third-order valence-corrected chi connectivity index (χ3v) is 7.14.